The van der Waals surface area contributed by atoms with Crippen LogP contribution >= 0.6 is 34.4 Å². The summed E-state index contributed by atoms with van der Waals surface area (Å²) in [5, 5.41) is 12.7. The molecule has 5 nitrogen and oxygen atoms in total. The van der Waals surface area contributed by atoms with E-state index in [-0.39, 0.29) is 5.91 Å². The van der Waals surface area contributed by atoms with Crippen molar-refractivity contribution in [1.29, 1.82) is 0 Å². The second kappa shape index (κ2) is 6.99. The number of benzene rings is 1. The summed E-state index contributed by atoms with van der Waals surface area (Å²) in [6.07, 6.45) is 0. The second-order valence-electron chi connectivity index (χ2n) is 4.44. The van der Waals surface area contributed by atoms with Crippen LogP contribution in [0, 0.1) is 6.92 Å². The van der Waals surface area contributed by atoms with Crippen LogP contribution in [0.4, 0.5) is 5.13 Å². The van der Waals surface area contributed by atoms with Crippen molar-refractivity contribution in [2.24, 2.45) is 0 Å². The number of aryl methyl sites for hydroxylation is 1. The van der Waals surface area contributed by atoms with E-state index in [9.17, 15) is 4.79 Å². The topological polar surface area (TPSA) is 67.8 Å². The van der Waals surface area contributed by atoms with E-state index in [4.69, 9.17) is 0 Å². The van der Waals surface area contributed by atoms with Gasteiger partial charge in [-0.15, -0.1) is 21.5 Å². The molecule has 3 rings (SSSR count). The summed E-state index contributed by atoms with van der Waals surface area (Å²) in [6.45, 7) is 1.99. The number of aromatic nitrogens is 3. The minimum absolute atomic E-state index is 0.175. The first kappa shape index (κ1) is 15.1. The number of nitrogens with zero attached hydrogens (tertiary/aromatic N) is 3. The molecule has 0 aliphatic heterocycles. The van der Waals surface area contributed by atoms with E-state index in [2.05, 4.69) is 20.5 Å². The summed E-state index contributed by atoms with van der Waals surface area (Å²) in [5.74, 6) is 0.664. The van der Waals surface area contributed by atoms with Gasteiger partial charge in [0.05, 0.1) is 0 Å². The number of carbonyl (C=O) groups is 1. The third-order valence-electron chi connectivity index (χ3n) is 2.76. The highest BCUT2D eigenvalue weighted by Crippen LogP contribution is 2.26. The van der Waals surface area contributed by atoms with Gasteiger partial charge in [0.1, 0.15) is 9.85 Å². The smallest absolute Gasteiger partial charge is 0.257 e. The molecule has 0 fully saturated rings. The zero-order valence-electron chi connectivity index (χ0n) is 11.6. The molecular weight excluding hydrogens is 336 g/mol. The van der Waals surface area contributed by atoms with Crippen molar-refractivity contribution in [3.8, 4) is 0 Å². The highest BCUT2D eigenvalue weighted by Gasteiger charge is 2.08. The van der Waals surface area contributed by atoms with Crippen molar-refractivity contribution in [3.05, 3.63) is 52.0 Å². The van der Waals surface area contributed by atoms with Gasteiger partial charge in [0, 0.05) is 22.4 Å². The Balaban J connectivity index is 1.58. The highest BCUT2D eigenvalue weighted by atomic mass is 32.2. The molecular formula is C14H12N4OS3. The first-order chi connectivity index (χ1) is 10.7. The van der Waals surface area contributed by atoms with Gasteiger partial charge in [0.25, 0.3) is 5.91 Å². The molecule has 0 saturated carbocycles. The van der Waals surface area contributed by atoms with Gasteiger partial charge in [0.2, 0.25) is 5.13 Å². The lowest BCUT2D eigenvalue weighted by molar-refractivity contribution is 0.102. The molecule has 1 amide bonds. The van der Waals surface area contributed by atoms with E-state index in [1.54, 1.807) is 28.6 Å². The summed E-state index contributed by atoms with van der Waals surface area (Å²) in [6, 6.07) is 7.56. The Labute approximate surface area is 139 Å². The largest absolute Gasteiger partial charge is 0.296 e. The third kappa shape index (κ3) is 3.90. The summed E-state index contributed by atoms with van der Waals surface area (Å²) >= 11 is 4.65. The highest BCUT2D eigenvalue weighted by molar-refractivity contribution is 8.00. The molecule has 0 aliphatic rings. The molecule has 8 heteroatoms. The maximum Gasteiger partial charge on any atom is 0.257 e. The van der Waals surface area contributed by atoms with Gasteiger partial charge in [-0.1, -0.05) is 35.2 Å². The molecule has 2 heterocycles. The summed E-state index contributed by atoms with van der Waals surface area (Å²) in [5.41, 5.74) is 4.39. The zero-order valence-corrected chi connectivity index (χ0v) is 14.1. The quantitative estimate of drug-likeness (QED) is 0.709. The van der Waals surface area contributed by atoms with E-state index in [1.165, 1.54) is 11.3 Å². The van der Waals surface area contributed by atoms with Crippen LogP contribution in [0.5, 0.6) is 0 Å². The van der Waals surface area contributed by atoms with Crippen LogP contribution in [-0.4, -0.2) is 21.1 Å². The van der Waals surface area contributed by atoms with Crippen LogP contribution in [-0.2, 0) is 5.75 Å². The molecule has 22 heavy (non-hydrogen) atoms. The van der Waals surface area contributed by atoms with Crippen LogP contribution in [0.3, 0.4) is 0 Å². The molecule has 112 valence electrons. The Morgan fingerprint density at radius 2 is 2.09 bits per heavy atom. The molecule has 0 spiro atoms. The summed E-state index contributed by atoms with van der Waals surface area (Å²) in [7, 11) is 0. The van der Waals surface area contributed by atoms with Crippen molar-refractivity contribution in [3.63, 3.8) is 0 Å². The van der Waals surface area contributed by atoms with Gasteiger partial charge < -0.3 is 0 Å². The Morgan fingerprint density at radius 3 is 2.73 bits per heavy atom. The molecule has 0 bridgehead atoms. The summed E-state index contributed by atoms with van der Waals surface area (Å²) < 4.78 is 1.07. The number of thiazole rings is 1. The fourth-order valence-corrected chi connectivity index (χ4v) is 3.94. The van der Waals surface area contributed by atoms with Crippen LogP contribution in [0.25, 0.3) is 0 Å². The number of amides is 1. The predicted octanol–water partition coefficient (Wildman–Crippen LogP) is 3.85. The van der Waals surface area contributed by atoms with Crippen molar-refractivity contribution in [2.45, 2.75) is 17.0 Å². The SMILES string of the molecule is Cc1csc(SCc2ccc(C(=O)Nc3nncs3)cc2)n1. The lowest BCUT2D eigenvalue weighted by atomic mass is 10.1. The lowest BCUT2D eigenvalue weighted by Crippen LogP contribution is -2.11. The van der Waals surface area contributed by atoms with E-state index in [0.29, 0.717) is 10.7 Å². The first-order valence-corrected chi connectivity index (χ1v) is 9.16. The monoisotopic (exact) mass is 348 g/mol. The average molecular weight is 348 g/mol. The molecule has 1 N–H and O–H groups in total. The van der Waals surface area contributed by atoms with E-state index in [0.717, 1.165) is 21.3 Å². The van der Waals surface area contributed by atoms with Gasteiger partial charge in [-0.05, 0) is 24.6 Å². The molecule has 0 atom stereocenters. The number of carbonyl (C=O) groups excluding carboxylic acids is 1. The maximum absolute atomic E-state index is 12.0. The van der Waals surface area contributed by atoms with Crippen LogP contribution in [0.2, 0.25) is 0 Å². The standard InChI is InChI=1S/C14H12N4OS3/c1-9-6-20-14(16-9)21-7-10-2-4-11(5-3-10)12(19)17-13-18-15-8-22-13/h2-6,8H,7H2,1H3,(H,17,18,19). The molecule has 0 saturated heterocycles. The third-order valence-corrected chi connectivity index (χ3v) is 5.57. The molecule has 2 aromatic heterocycles. The number of rotatable bonds is 5. The lowest BCUT2D eigenvalue weighted by Gasteiger charge is -2.03. The molecule has 0 aliphatic carbocycles. The maximum atomic E-state index is 12.0. The van der Waals surface area contributed by atoms with Crippen molar-refractivity contribution in [1.82, 2.24) is 15.2 Å². The van der Waals surface area contributed by atoms with Crippen LogP contribution < -0.4 is 5.32 Å². The van der Waals surface area contributed by atoms with Crippen molar-refractivity contribution in [2.75, 3.05) is 5.32 Å². The van der Waals surface area contributed by atoms with Gasteiger partial charge >= 0.3 is 0 Å². The van der Waals surface area contributed by atoms with Crippen molar-refractivity contribution >= 4 is 45.5 Å². The molecule has 0 radical (unpaired) electrons. The predicted molar refractivity (Wildman–Crippen MR) is 90.7 cm³/mol. The first-order valence-electron chi connectivity index (χ1n) is 6.42. The van der Waals surface area contributed by atoms with Gasteiger partial charge in [-0.25, -0.2) is 4.98 Å². The van der Waals surface area contributed by atoms with Gasteiger partial charge in [0.15, 0.2) is 0 Å². The Morgan fingerprint density at radius 1 is 1.27 bits per heavy atom. The molecule has 1 aromatic carbocycles. The molecule has 0 unspecified atom stereocenters. The Bertz CT molecular complexity index is 753. The summed E-state index contributed by atoms with van der Waals surface area (Å²) in [4.78, 5) is 16.4. The average Bonchev–Trinajstić information content (AvgIpc) is 3.17. The Kier molecular flexibility index (Phi) is 4.81. The second-order valence-corrected chi connectivity index (χ2v) is 7.35. The number of thioether (sulfide) groups is 1. The molecule has 3 aromatic rings. The van der Waals surface area contributed by atoms with Gasteiger partial charge in [-0.2, -0.15) is 0 Å². The van der Waals surface area contributed by atoms with E-state index in [1.807, 2.05) is 36.6 Å². The number of hydrogen-bond acceptors (Lipinski definition) is 7. The van der Waals surface area contributed by atoms with Gasteiger partial charge in [-0.3, -0.25) is 10.1 Å². The zero-order chi connectivity index (χ0) is 15.4. The Hall–Kier alpha value is -1.77. The van der Waals surface area contributed by atoms with Crippen molar-refractivity contribution < 1.29 is 4.79 Å². The van der Waals surface area contributed by atoms with Crippen LogP contribution in [0.15, 0.2) is 39.5 Å². The minimum atomic E-state index is -0.175. The van der Waals surface area contributed by atoms with E-state index < -0.39 is 0 Å². The fraction of sp³-hybridized carbons (Fsp3) is 0.143. The van der Waals surface area contributed by atoms with Crippen LogP contribution in [0.1, 0.15) is 21.6 Å². The minimum Gasteiger partial charge on any atom is -0.296 e. The number of nitrogens with one attached hydrogen (secondary N) is 1. The number of anilines is 1. The number of hydrogen-bond donors (Lipinski definition) is 1. The van der Waals surface area contributed by atoms with E-state index >= 15 is 0 Å². The normalized spacial score (nSPS) is 10.6. The fourth-order valence-electron chi connectivity index (χ4n) is 1.69.